The Morgan fingerprint density at radius 3 is 3.13 bits per heavy atom. The van der Waals surface area contributed by atoms with Crippen molar-refractivity contribution < 1.29 is 4.79 Å². The highest BCUT2D eigenvalue weighted by molar-refractivity contribution is 7.99. The van der Waals surface area contributed by atoms with Crippen LogP contribution in [-0.2, 0) is 4.79 Å². The van der Waals surface area contributed by atoms with Gasteiger partial charge in [-0.15, -0.1) is 0 Å². The van der Waals surface area contributed by atoms with Gasteiger partial charge < -0.3 is 11.1 Å². The van der Waals surface area contributed by atoms with Gasteiger partial charge in [-0.3, -0.25) is 4.79 Å². The van der Waals surface area contributed by atoms with Gasteiger partial charge in [0.05, 0.1) is 6.04 Å². The third kappa shape index (κ3) is 5.13. The molecule has 0 aromatic rings. The van der Waals surface area contributed by atoms with Gasteiger partial charge in [0.2, 0.25) is 5.91 Å². The van der Waals surface area contributed by atoms with Crippen LogP contribution >= 0.6 is 23.5 Å². The Balaban J connectivity index is 2.11. The van der Waals surface area contributed by atoms with Crippen molar-refractivity contribution in [3.05, 3.63) is 0 Å². The Morgan fingerprint density at radius 1 is 1.73 bits per heavy atom. The lowest BCUT2D eigenvalue weighted by atomic mass is 10.1. The van der Waals surface area contributed by atoms with Gasteiger partial charge in [0.1, 0.15) is 0 Å². The zero-order valence-electron chi connectivity index (χ0n) is 9.20. The molecule has 0 radical (unpaired) electrons. The van der Waals surface area contributed by atoms with E-state index in [1.165, 1.54) is 17.9 Å². The van der Waals surface area contributed by atoms with Crippen molar-refractivity contribution in [3.63, 3.8) is 0 Å². The van der Waals surface area contributed by atoms with E-state index in [0.717, 1.165) is 18.7 Å². The highest BCUT2D eigenvalue weighted by atomic mass is 32.2. The average Bonchev–Trinajstić information content (AvgIpc) is 2.75. The molecular formula is C10H20N2OS2. The second-order valence-electron chi connectivity index (χ2n) is 3.86. The van der Waals surface area contributed by atoms with Crippen molar-refractivity contribution in [2.24, 2.45) is 11.7 Å². The number of nitrogens with two attached hydrogens (primary N) is 1. The average molecular weight is 248 g/mol. The van der Waals surface area contributed by atoms with Crippen LogP contribution in [-0.4, -0.2) is 42.0 Å². The van der Waals surface area contributed by atoms with Crippen LogP contribution in [0.3, 0.4) is 0 Å². The molecule has 1 saturated heterocycles. The summed E-state index contributed by atoms with van der Waals surface area (Å²) in [6, 6.07) is -0.327. The van der Waals surface area contributed by atoms with Crippen molar-refractivity contribution >= 4 is 29.4 Å². The van der Waals surface area contributed by atoms with Crippen LogP contribution in [0.15, 0.2) is 0 Å². The molecule has 1 fully saturated rings. The largest absolute Gasteiger partial charge is 0.354 e. The number of hydrogen-bond donors (Lipinski definition) is 2. The zero-order valence-corrected chi connectivity index (χ0v) is 10.8. The SMILES string of the molecule is CSCC[C@H](N)C(=O)NCC1CCSC1. The number of amides is 1. The van der Waals surface area contributed by atoms with E-state index in [9.17, 15) is 4.79 Å². The van der Waals surface area contributed by atoms with E-state index in [-0.39, 0.29) is 11.9 Å². The monoisotopic (exact) mass is 248 g/mol. The first-order chi connectivity index (χ1) is 7.24. The third-order valence-electron chi connectivity index (χ3n) is 2.56. The molecule has 1 amide bonds. The third-order valence-corrected chi connectivity index (χ3v) is 4.43. The van der Waals surface area contributed by atoms with Crippen LogP contribution in [0.5, 0.6) is 0 Å². The van der Waals surface area contributed by atoms with E-state index in [0.29, 0.717) is 5.92 Å². The quantitative estimate of drug-likeness (QED) is 0.734. The van der Waals surface area contributed by atoms with E-state index in [1.807, 2.05) is 18.0 Å². The van der Waals surface area contributed by atoms with E-state index >= 15 is 0 Å². The molecule has 0 bridgehead atoms. The van der Waals surface area contributed by atoms with Gasteiger partial charge in [0.15, 0.2) is 0 Å². The lowest BCUT2D eigenvalue weighted by Gasteiger charge is -2.14. The molecule has 0 saturated carbocycles. The minimum absolute atomic E-state index is 0.0148. The summed E-state index contributed by atoms with van der Waals surface area (Å²) < 4.78 is 0. The van der Waals surface area contributed by atoms with Crippen LogP contribution in [0.4, 0.5) is 0 Å². The molecule has 88 valence electrons. The zero-order chi connectivity index (χ0) is 11.1. The number of thioether (sulfide) groups is 2. The molecule has 15 heavy (non-hydrogen) atoms. The Kier molecular flexibility index (Phi) is 6.52. The predicted octanol–water partition coefficient (Wildman–Crippen LogP) is 0.936. The first-order valence-corrected chi connectivity index (χ1v) is 7.89. The molecule has 0 spiro atoms. The number of rotatable bonds is 6. The first kappa shape index (κ1) is 13.2. The van der Waals surface area contributed by atoms with Gasteiger partial charge in [0.25, 0.3) is 0 Å². The van der Waals surface area contributed by atoms with Gasteiger partial charge in [-0.1, -0.05) is 0 Å². The summed E-state index contributed by atoms with van der Waals surface area (Å²) >= 11 is 3.70. The summed E-state index contributed by atoms with van der Waals surface area (Å²) in [4.78, 5) is 11.6. The van der Waals surface area contributed by atoms with E-state index in [4.69, 9.17) is 5.73 Å². The Bertz CT molecular complexity index is 196. The van der Waals surface area contributed by atoms with Gasteiger partial charge in [-0.25, -0.2) is 0 Å². The van der Waals surface area contributed by atoms with E-state index < -0.39 is 0 Å². The maximum atomic E-state index is 11.6. The predicted molar refractivity (Wildman–Crippen MR) is 69.4 cm³/mol. The second-order valence-corrected chi connectivity index (χ2v) is 6.00. The maximum Gasteiger partial charge on any atom is 0.236 e. The highest BCUT2D eigenvalue weighted by Gasteiger charge is 2.18. The molecule has 0 aliphatic carbocycles. The Labute approximate surface area is 100 Å². The fourth-order valence-electron chi connectivity index (χ4n) is 1.50. The van der Waals surface area contributed by atoms with Crippen LogP contribution in [0.1, 0.15) is 12.8 Å². The molecular weight excluding hydrogens is 228 g/mol. The van der Waals surface area contributed by atoms with Crippen molar-refractivity contribution in [3.8, 4) is 0 Å². The number of hydrogen-bond acceptors (Lipinski definition) is 4. The molecule has 3 nitrogen and oxygen atoms in total. The highest BCUT2D eigenvalue weighted by Crippen LogP contribution is 2.22. The molecule has 1 heterocycles. The van der Waals surface area contributed by atoms with Gasteiger partial charge >= 0.3 is 0 Å². The summed E-state index contributed by atoms with van der Waals surface area (Å²) in [6.45, 7) is 0.804. The summed E-state index contributed by atoms with van der Waals surface area (Å²) in [5.74, 6) is 4.04. The summed E-state index contributed by atoms with van der Waals surface area (Å²) in [5.41, 5.74) is 5.76. The molecule has 3 N–H and O–H groups in total. The summed E-state index contributed by atoms with van der Waals surface area (Å²) in [5, 5.41) is 2.95. The molecule has 0 aromatic carbocycles. The molecule has 0 aromatic heterocycles. The summed E-state index contributed by atoms with van der Waals surface area (Å²) in [6.07, 6.45) is 4.03. The fourth-order valence-corrected chi connectivity index (χ4v) is 3.27. The lowest BCUT2D eigenvalue weighted by Crippen LogP contribution is -2.42. The fraction of sp³-hybridized carbons (Fsp3) is 0.900. The topological polar surface area (TPSA) is 55.1 Å². The molecule has 1 unspecified atom stereocenters. The van der Waals surface area contributed by atoms with Gasteiger partial charge in [-0.2, -0.15) is 23.5 Å². The standard InChI is InChI=1S/C10H20N2OS2/c1-14-4-3-9(11)10(13)12-6-8-2-5-15-7-8/h8-9H,2-7,11H2,1H3,(H,12,13)/t8?,9-/m0/s1. The normalized spacial score (nSPS) is 22.7. The van der Waals surface area contributed by atoms with Crippen LogP contribution in [0, 0.1) is 5.92 Å². The smallest absolute Gasteiger partial charge is 0.236 e. The van der Waals surface area contributed by atoms with Crippen LogP contribution < -0.4 is 11.1 Å². The number of nitrogens with one attached hydrogen (secondary N) is 1. The summed E-state index contributed by atoms with van der Waals surface area (Å²) in [7, 11) is 0. The Morgan fingerprint density at radius 2 is 2.53 bits per heavy atom. The minimum Gasteiger partial charge on any atom is -0.354 e. The van der Waals surface area contributed by atoms with Crippen molar-refractivity contribution in [1.82, 2.24) is 5.32 Å². The number of carbonyl (C=O) groups is 1. The molecule has 1 rings (SSSR count). The second kappa shape index (κ2) is 7.41. The van der Waals surface area contributed by atoms with Crippen LogP contribution in [0.25, 0.3) is 0 Å². The molecule has 1 aliphatic rings. The van der Waals surface area contributed by atoms with Crippen molar-refractivity contribution in [1.29, 1.82) is 0 Å². The van der Waals surface area contributed by atoms with E-state index in [2.05, 4.69) is 5.32 Å². The number of carbonyl (C=O) groups excluding carboxylic acids is 1. The minimum atomic E-state index is -0.327. The molecule has 5 heteroatoms. The molecule has 1 aliphatic heterocycles. The Hall–Kier alpha value is 0.130. The molecule has 2 atom stereocenters. The first-order valence-electron chi connectivity index (χ1n) is 5.34. The van der Waals surface area contributed by atoms with Crippen molar-refractivity contribution in [2.45, 2.75) is 18.9 Å². The maximum absolute atomic E-state index is 11.6. The van der Waals surface area contributed by atoms with E-state index in [1.54, 1.807) is 11.8 Å². The van der Waals surface area contributed by atoms with Gasteiger partial charge in [-0.05, 0) is 42.3 Å². The van der Waals surface area contributed by atoms with Crippen LogP contribution in [0.2, 0.25) is 0 Å². The van der Waals surface area contributed by atoms with Gasteiger partial charge in [0, 0.05) is 6.54 Å². The van der Waals surface area contributed by atoms with Crippen molar-refractivity contribution in [2.75, 3.05) is 30.1 Å². The lowest BCUT2D eigenvalue weighted by molar-refractivity contribution is -0.122.